The van der Waals surface area contributed by atoms with Crippen LogP contribution in [0.15, 0.2) is 41.0 Å². The molecule has 1 aromatic heterocycles. The van der Waals surface area contributed by atoms with Crippen molar-refractivity contribution < 1.29 is 8.42 Å². The van der Waals surface area contributed by atoms with Gasteiger partial charge in [0.1, 0.15) is 4.21 Å². The van der Waals surface area contributed by atoms with Crippen molar-refractivity contribution in [2.24, 2.45) is 0 Å². The van der Waals surface area contributed by atoms with Crippen molar-refractivity contribution >= 4 is 21.4 Å². The largest absolute Gasteiger partial charge is 0.310 e. The first-order valence-corrected chi connectivity index (χ1v) is 8.76. The molecule has 0 saturated heterocycles. The smallest absolute Gasteiger partial charge is 0.253 e. The van der Waals surface area contributed by atoms with Gasteiger partial charge in [-0.3, -0.25) is 0 Å². The maximum absolute atomic E-state index is 12.5. The Kier molecular flexibility index (Phi) is 6.61. The van der Waals surface area contributed by atoms with Crippen LogP contribution in [0.2, 0.25) is 0 Å². The zero-order valence-electron chi connectivity index (χ0n) is 12.0. The minimum Gasteiger partial charge on any atom is -0.310 e. The first kappa shape index (κ1) is 17.1. The average Bonchev–Trinajstić information content (AvgIpc) is 2.85. The molecule has 0 bridgehead atoms. The van der Waals surface area contributed by atoms with Gasteiger partial charge in [0.15, 0.2) is 0 Å². The summed E-state index contributed by atoms with van der Waals surface area (Å²) in [4.78, 5) is 0. The summed E-state index contributed by atoms with van der Waals surface area (Å²) in [6.45, 7) is 12.5. The predicted molar refractivity (Wildman–Crippen MR) is 85.4 cm³/mol. The van der Waals surface area contributed by atoms with Crippen molar-refractivity contribution in [2.45, 2.75) is 30.6 Å². The number of hydrogen-bond donors (Lipinski definition) is 1. The SMILES string of the molecule is C=CCN(CC=C)S(=O)(=O)c1cc(CNC(C)C)cs1. The summed E-state index contributed by atoms with van der Waals surface area (Å²) in [7, 11) is -3.46. The molecule has 0 aliphatic rings. The van der Waals surface area contributed by atoms with Crippen molar-refractivity contribution in [1.82, 2.24) is 9.62 Å². The van der Waals surface area contributed by atoms with Crippen molar-refractivity contribution in [3.63, 3.8) is 0 Å². The van der Waals surface area contributed by atoms with Gasteiger partial charge in [0.25, 0.3) is 10.0 Å². The van der Waals surface area contributed by atoms with Crippen LogP contribution in [0.5, 0.6) is 0 Å². The van der Waals surface area contributed by atoms with Crippen LogP contribution in [0, 0.1) is 0 Å². The fraction of sp³-hybridized carbons (Fsp3) is 0.429. The molecule has 0 aliphatic heterocycles. The van der Waals surface area contributed by atoms with E-state index in [1.165, 1.54) is 15.6 Å². The fourth-order valence-corrected chi connectivity index (χ4v) is 4.33. The van der Waals surface area contributed by atoms with E-state index in [0.717, 1.165) is 5.56 Å². The topological polar surface area (TPSA) is 49.4 Å². The number of rotatable bonds is 9. The first-order chi connectivity index (χ1) is 9.41. The molecule has 0 atom stereocenters. The molecule has 4 nitrogen and oxygen atoms in total. The average molecular weight is 314 g/mol. The van der Waals surface area contributed by atoms with Gasteiger partial charge in [-0.2, -0.15) is 4.31 Å². The molecule has 0 amide bonds. The Morgan fingerprint density at radius 2 is 1.95 bits per heavy atom. The quantitative estimate of drug-likeness (QED) is 0.713. The van der Waals surface area contributed by atoms with Crippen LogP contribution in [-0.2, 0) is 16.6 Å². The van der Waals surface area contributed by atoms with E-state index in [1.54, 1.807) is 18.2 Å². The molecule has 20 heavy (non-hydrogen) atoms. The van der Waals surface area contributed by atoms with Gasteiger partial charge in [0, 0.05) is 25.7 Å². The minimum atomic E-state index is -3.46. The van der Waals surface area contributed by atoms with Crippen LogP contribution in [0.4, 0.5) is 0 Å². The number of hydrogen-bond acceptors (Lipinski definition) is 4. The molecule has 1 aromatic rings. The highest BCUT2D eigenvalue weighted by Gasteiger charge is 2.24. The molecular formula is C14H22N2O2S2. The Hall–Kier alpha value is -0.950. The third kappa shape index (κ3) is 4.56. The van der Waals surface area contributed by atoms with Crippen LogP contribution in [-0.4, -0.2) is 31.9 Å². The maximum Gasteiger partial charge on any atom is 0.253 e. The lowest BCUT2D eigenvalue weighted by molar-refractivity contribution is 0.476. The number of nitrogens with zero attached hydrogens (tertiary/aromatic N) is 1. The highest BCUT2D eigenvalue weighted by molar-refractivity contribution is 7.91. The Bertz CT molecular complexity index is 537. The van der Waals surface area contributed by atoms with Crippen molar-refractivity contribution in [2.75, 3.05) is 13.1 Å². The van der Waals surface area contributed by atoms with E-state index in [-0.39, 0.29) is 13.1 Å². The lowest BCUT2D eigenvalue weighted by Gasteiger charge is -2.17. The molecule has 112 valence electrons. The summed E-state index contributed by atoms with van der Waals surface area (Å²) >= 11 is 1.25. The van der Waals surface area contributed by atoms with Crippen molar-refractivity contribution in [3.8, 4) is 0 Å². The molecule has 1 heterocycles. The van der Waals surface area contributed by atoms with E-state index < -0.39 is 10.0 Å². The summed E-state index contributed by atoms with van der Waals surface area (Å²) in [5, 5.41) is 5.15. The van der Waals surface area contributed by atoms with Gasteiger partial charge < -0.3 is 5.32 Å². The molecular weight excluding hydrogens is 292 g/mol. The number of sulfonamides is 1. The second-order valence-corrected chi connectivity index (χ2v) is 7.78. The molecule has 0 aromatic carbocycles. The van der Waals surface area contributed by atoms with E-state index in [4.69, 9.17) is 0 Å². The van der Waals surface area contributed by atoms with Crippen molar-refractivity contribution in [3.05, 3.63) is 42.3 Å². The number of thiophene rings is 1. The molecule has 0 spiro atoms. The lowest BCUT2D eigenvalue weighted by atomic mass is 10.3. The van der Waals surface area contributed by atoms with Crippen LogP contribution in [0.25, 0.3) is 0 Å². The number of nitrogens with one attached hydrogen (secondary N) is 1. The summed E-state index contributed by atoms with van der Waals surface area (Å²) in [5.74, 6) is 0. The molecule has 6 heteroatoms. The third-order valence-corrected chi connectivity index (χ3v) is 5.90. The van der Waals surface area contributed by atoms with E-state index in [9.17, 15) is 8.42 Å². The van der Waals surface area contributed by atoms with E-state index in [2.05, 4.69) is 32.3 Å². The van der Waals surface area contributed by atoms with E-state index in [1.807, 2.05) is 5.38 Å². The second-order valence-electron chi connectivity index (χ2n) is 4.71. The molecule has 1 rings (SSSR count). The molecule has 0 aliphatic carbocycles. The van der Waals surface area contributed by atoms with Crippen molar-refractivity contribution in [1.29, 1.82) is 0 Å². The van der Waals surface area contributed by atoms with Gasteiger partial charge in [-0.25, -0.2) is 8.42 Å². The minimum absolute atomic E-state index is 0.284. The molecule has 0 saturated carbocycles. The zero-order chi connectivity index (χ0) is 15.2. The van der Waals surface area contributed by atoms with Crippen LogP contribution >= 0.6 is 11.3 Å². The Morgan fingerprint density at radius 1 is 1.35 bits per heavy atom. The van der Waals surface area contributed by atoms with E-state index in [0.29, 0.717) is 16.8 Å². The van der Waals surface area contributed by atoms with E-state index >= 15 is 0 Å². The van der Waals surface area contributed by atoms with Crippen LogP contribution in [0.1, 0.15) is 19.4 Å². The first-order valence-electron chi connectivity index (χ1n) is 6.44. The highest BCUT2D eigenvalue weighted by Crippen LogP contribution is 2.24. The van der Waals surface area contributed by atoms with Gasteiger partial charge in [-0.1, -0.05) is 26.0 Å². The van der Waals surface area contributed by atoms with Gasteiger partial charge in [0.2, 0.25) is 0 Å². The fourth-order valence-electron chi connectivity index (χ4n) is 1.59. The molecule has 0 radical (unpaired) electrons. The normalized spacial score (nSPS) is 12.0. The zero-order valence-corrected chi connectivity index (χ0v) is 13.6. The predicted octanol–water partition coefficient (Wildman–Crippen LogP) is 2.61. The Balaban J connectivity index is 2.91. The standard InChI is InChI=1S/C14H22N2O2S2/c1-5-7-16(8-6-2)20(17,18)14-9-13(11-19-14)10-15-12(3)4/h5-6,9,11-12,15H,1-2,7-8,10H2,3-4H3. The van der Waals surface area contributed by atoms with Gasteiger partial charge in [0.05, 0.1) is 0 Å². The van der Waals surface area contributed by atoms with Crippen LogP contribution in [0.3, 0.4) is 0 Å². The molecule has 1 N–H and O–H groups in total. The summed E-state index contributed by atoms with van der Waals surface area (Å²) < 4.78 is 26.7. The Morgan fingerprint density at radius 3 is 2.45 bits per heavy atom. The summed E-state index contributed by atoms with van der Waals surface area (Å²) in [5.41, 5.74) is 0.986. The molecule has 0 unspecified atom stereocenters. The molecule has 0 fully saturated rings. The summed E-state index contributed by atoms with van der Waals surface area (Å²) in [6, 6.07) is 2.10. The lowest BCUT2D eigenvalue weighted by Crippen LogP contribution is -2.30. The second kappa shape index (κ2) is 7.73. The van der Waals surface area contributed by atoms with Crippen LogP contribution < -0.4 is 5.32 Å². The highest BCUT2D eigenvalue weighted by atomic mass is 32.2. The summed E-state index contributed by atoms with van der Waals surface area (Å²) in [6.07, 6.45) is 3.16. The monoisotopic (exact) mass is 314 g/mol. The van der Waals surface area contributed by atoms with Gasteiger partial charge in [-0.05, 0) is 17.0 Å². The third-order valence-electron chi connectivity index (χ3n) is 2.60. The maximum atomic E-state index is 12.5. The Labute approximate surface area is 125 Å². The van der Waals surface area contributed by atoms with Gasteiger partial charge in [-0.15, -0.1) is 24.5 Å². The van der Waals surface area contributed by atoms with Gasteiger partial charge >= 0.3 is 0 Å².